The van der Waals surface area contributed by atoms with E-state index >= 15 is 0 Å². The third-order valence-corrected chi connectivity index (χ3v) is 4.43. The van der Waals surface area contributed by atoms with Gasteiger partial charge in [-0.15, -0.1) is 0 Å². The number of rotatable bonds is 4. The molecule has 1 aliphatic rings. The molecule has 1 fully saturated rings. The summed E-state index contributed by atoms with van der Waals surface area (Å²) in [5, 5.41) is 0. The first kappa shape index (κ1) is 12.9. The van der Waals surface area contributed by atoms with Crippen molar-refractivity contribution >= 4 is 28.4 Å². The number of hydrogen-bond donors (Lipinski definition) is 0. The van der Waals surface area contributed by atoms with Crippen LogP contribution in [0.2, 0.25) is 0 Å². The van der Waals surface area contributed by atoms with E-state index in [-0.39, 0.29) is 5.41 Å². The molecule has 92 valence electrons. The van der Waals surface area contributed by atoms with Crippen LogP contribution < -0.4 is 4.74 Å². The predicted molar refractivity (Wildman–Crippen MR) is 77.0 cm³/mol. The number of ketones is 1. The van der Waals surface area contributed by atoms with Gasteiger partial charge in [-0.05, 0) is 30.5 Å². The first-order valence-corrected chi connectivity index (χ1v) is 7.49. The van der Waals surface area contributed by atoms with Crippen LogP contribution in [0.15, 0.2) is 24.3 Å². The lowest BCUT2D eigenvalue weighted by Gasteiger charge is -2.27. The van der Waals surface area contributed by atoms with Gasteiger partial charge in [0, 0.05) is 0 Å². The van der Waals surface area contributed by atoms with Gasteiger partial charge in [0.25, 0.3) is 0 Å². The van der Waals surface area contributed by atoms with Crippen LogP contribution in [0.1, 0.15) is 31.2 Å². The molecule has 1 saturated carbocycles. The fourth-order valence-electron chi connectivity index (χ4n) is 2.76. The van der Waals surface area contributed by atoms with Crippen LogP contribution in [0.5, 0.6) is 5.75 Å². The van der Waals surface area contributed by atoms with Crippen molar-refractivity contribution in [1.29, 1.82) is 0 Å². The lowest BCUT2D eigenvalue weighted by atomic mass is 9.76. The van der Waals surface area contributed by atoms with Crippen LogP contribution in [-0.2, 0) is 10.2 Å². The highest BCUT2D eigenvalue weighted by Gasteiger charge is 2.41. The van der Waals surface area contributed by atoms with Crippen molar-refractivity contribution in [3.05, 3.63) is 29.8 Å². The Morgan fingerprint density at radius 3 is 2.71 bits per heavy atom. The van der Waals surface area contributed by atoms with Crippen LogP contribution in [-0.4, -0.2) is 17.3 Å². The maximum atomic E-state index is 12.3. The number of Topliss-reactive ketones (excluding diaryl/α,β-unsaturated/α-hetero) is 1. The molecule has 0 unspecified atom stereocenters. The summed E-state index contributed by atoms with van der Waals surface area (Å²) in [6.07, 6.45) is 4.28. The number of benzene rings is 1. The number of ether oxygens (including phenoxy) is 1. The van der Waals surface area contributed by atoms with Gasteiger partial charge in [0.05, 0.1) is 17.0 Å². The van der Waals surface area contributed by atoms with Crippen molar-refractivity contribution in [3.8, 4) is 5.75 Å². The van der Waals surface area contributed by atoms with Gasteiger partial charge < -0.3 is 4.74 Å². The maximum absolute atomic E-state index is 12.3. The standard InChI is InChI=1S/C14H17IO2/c1-17-12-6-4-5-11(9-12)14(13(16)10-15)7-2-3-8-14/h4-6,9H,2-3,7-8,10H2,1H3. The van der Waals surface area contributed by atoms with E-state index in [2.05, 4.69) is 28.7 Å². The molecule has 0 atom stereocenters. The first-order chi connectivity index (χ1) is 8.23. The zero-order chi connectivity index (χ0) is 12.3. The molecule has 3 heteroatoms. The molecule has 0 aliphatic heterocycles. The van der Waals surface area contributed by atoms with E-state index in [0.29, 0.717) is 10.2 Å². The Morgan fingerprint density at radius 1 is 1.41 bits per heavy atom. The Hall–Kier alpha value is -0.580. The molecule has 0 radical (unpaired) electrons. The summed E-state index contributed by atoms with van der Waals surface area (Å²) in [6, 6.07) is 8.00. The van der Waals surface area contributed by atoms with Gasteiger partial charge in [-0.2, -0.15) is 0 Å². The highest BCUT2D eigenvalue weighted by Crippen LogP contribution is 2.43. The lowest BCUT2D eigenvalue weighted by molar-refractivity contribution is -0.121. The summed E-state index contributed by atoms with van der Waals surface area (Å²) in [4.78, 5) is 12.3. The summed E-state index contributed by atoms with van der Waals surface area (Å²) in [5.41, 5.74) is 0.895. The lowest BCUT2D eigenvalue weighted by Crippen LogP contribution is -2.33. The molecule has 1 aromatic carbocycles. The quantitative estimate of drug-likeness (QED) is 0.617. The highest BCUT2D eigenvalue weighted by molar-refractivity contribution is 14.1. The van der Waals surface area contributed by atoms with Crippen LogP contribution in [0.25, 0.3) is 0 Å². The van der Waals surface area contributed by atoms with Crippen molar-refractivity contribution in [2.75, 3.05) is 11.5 Å². The summed E-state index contributed by atoms with van der Waals surface area (Å²) in [5.74, 6) is 1.21. The minimum absolute atomic E-state index is 0.240. The molecule has 2 rings (SSSR count). The minimum atomic E-state index is -0.240. The molecule has 0 saturated heterocycles. The van der Waals surface area contributed by atoms with Crippen molar-refractivity contribution in [1.82, 2.24) is 0 Å². The SMILES string of the molecule is COc1cccc(C2(C(=O)CI)CCCC2)c1. The number of halogens is 1. The van der Waals surface area contributed by atoms with Crippen molar-refractivity contribution in [3.63, 3.8) is 0 Å². The van der Waals surface area contributed by atoms with Gasteiger partial charge in [0.2, 0.25) is 0 Å². The van der Waals surface area contributed by atoms with E-state index in [4.69, 9.17) is 4.74 Å². The number of hydrogen-bond acceptors (Lipinski definition) is 2. The van der Waals surface area contributed by atoms with Crippen molar-refractivity contribution < 1.29 is 9.53 Å². The summed E-state index contributed by atoms with van der Waals surface area (Å²) < 4.78 is 5.85. The molecule has 0 amide bonds. The summed E-state index contributed by atoms with van der Waals surface area (Å²) in [6.45, 7) is 0. The number of methoxy groups -OCH3 is 1. The molecular weight excluding hydrogens is 327 g/mol. The largest absolute Gasteiger partial charge is 0.497 e. The molecule has 1 aromatic rings. The molecule has 17 heavy (non-hydrogen) atoms. The van der Waals surface area contributed by atoms with Crippen molar-refractivity contribution in [2.45, 2.75) is 31.1 Å². The smallest absolute Gasteiger partial charge is 0.153 e. The van der Waals surface area contributed by atoms with Gasteiger partial charge in [0.15, 0.2) is 5.78 Å². The van der Waals surface area contributed by atoms with Gasteiger partial charge >= 0.3 is 0 Å². The third-order valence-electron chi connectivity index (χ3n) is 3.73. The maximum Gasteiger partial charge on any atom is 0.153 e. The zero-order valence-corrected chi connectivity index (χ0v) is 12.2. The average molecular weight is 344 g/mol. The average Bonchev–Trinajstić information content (AvgIpc) is 2.88. The molecule has 0 N–H and O–H groups in total. The monoisotopic (exact) mass is 344 g/mol. The second-order valence-electron chi connectivity index (χ2n) is 4.58. The Morgan fingerprint density at radius 2 is 2.12 bits per heavy atom. The van der Waals surface area contributed by atoms with Crippen LogP contribution in [0, 0.1) is 0 Å². The number of carbonyl (C=O) groups excluding carboxylic acids is 1. The Balaban J connectivity index is 2.42. The first-order valence-electron chi connectivity index (χ1n) is 5.97. The topological polar surface area (TPSA) is 26.3 Å². The van der Waals surface area contributed by atoms with Crippen LogP contribution in [0.4, 0.5) is 0 Å². The molecule has 1 aliphatic carbocycles. The third kappa shape index (κ3) is 2.34. The van der Waals surface area contributed by atoms with Crippen LogP contribution >= 0.6 is 22.6 Å². The molecule has 0 heterocycles. The number of alkyl halides is 1. The van der Waals surface area contributed by atoms with E-state index in [0.717, 1.165) is 37.0 Å². The summed E-state index contributed by atoms with van der Waals surface area (Å²) >= 11 is 2.18. The Bertz CT molecular complexity index is 408. The molecular formula is C14H17IO2. The van der Waals surface area contributed by atoms with Gasteiger partial charge in [-0.3, -0.25) is 4.79 Å². The fourth-order valence-corrected chi connectivity index (χ4v) is 3.49. The second-order valence-corrected chi connectivity index (χ2v) is 5.34. The van der Waals surface area contributed by atoms with Gasteiger partial charge in [-0.1, -0.05) is 47.6 Å². The van der Waals surface area contributed by atoms with E-state index in [9.17, 15) is 4.79 Å². The Labute approximate surface area is 116 Å². The van der Waals surface area contributed by atoms with E-state index in [1.807, 2.05) is 18.2 Å². The molecule has 0 bridgehead atoms. The predicted octanol–water partition coefficient (Wildman–Crippen LogP) is 3.51. The van der Waals surface area contributed by atoms with Crippen LogP contribution in [0.3, 0.4) is 0 Å². The molecule has 0 aromatic heterocycles. The van der Waals surface area contributed by atoms with E-state index in [1.165, 1.54) is 0 Å². The van der Waals surface area contributed by atoms with Gasteiger partial charge in [0.1, 0.15) is 5.75 Å². The summed E-state index contributed by atoms with van der Waals surface area (Å²) in [7, 11) is 1.67. The normalized spacial score (nSPS) is 18.0. The number of carbonyl (C=O) groups is 1. The zero-order valence-electron chi connectivity index (χ0n) is 10.0. The minimum Gasteiger partial charge on any atom is -0.497 e. The van der Waals surface area contributed by atoms with Crippen molar-refractivity contribution in [2.24, 2.45) is 0 Å². The molecule has 2 nitrogen and oxygen atoms in total. The van der Waals surface area contributed by atoms with E-state index in [1.54, 1.807) is 7.11 Å². The molecule has 0 spiro atoms. The Kier molecular flexibility index (Phi) is 4.07. The van der Waals surface area contributed by atoms with E-state index < -0.39 is 0 Å². The van der Waals surface area contributed by atoms with Gasteiger partial charge in [-0.25, -0.2) is 0 Å². The fraction of sp³-hybridized carbons (Fsp3) is 0.500. The second kappa shape index (κ2) is 5.38. The highest BCUT2D eigenvalue weighted by atomic mass is 127.